The Morgan fingerprint density at radius 2 is 1.64 bits per heavy atom. The average molecular weight is 871 g/mol. The number of aryl methyl sites for hydroxylation is 1. The predicted octanol–water partition coefficient (Wildman–Crippen LogP) is 5.26. The second kappa shape index (κ2) is 16.4. The number of aromatic amines is 1. The van der Waals surface area contributed by atoms with Gasteiger partial charge in [-0.1, -0.05) is 27.7 Å². The van der Waals surface area contributed by atoms with Gasteiger partial charge in [0.2, 0.25) is 17.4 Å². The molecule has 3 N–H and O–H groups in total. The molecule has 4 amide bonds. The van der Waals surface area contributed by atoms with Crippen molar-refractivity contribution in [1.82, 2.24) is 25.4 Å². The van der Waals surface area contributed by atoms with Gasteiger partial charge in [-0.05, 0) is 91.8 Å². The molecule has 1 atom stereocenters. The molecule has 0 radical (unpaired) electrons. The first-order valence-corrected chi connectivity index (χ1v) is 22.4. The zero-order valence-corrected chi connectivity index (χ0v) is 37.1. The normalized spacial score (nSPS) is 23.4. The van der Waals surface area contributed by atoms with Crippen LogP contribution in [0.25, 0.3) is 10.9 Å². The Morgan fingerprint density at radius 1 is 0.906 bits per heavy atom. The van der Waals surface area contributed by atoms with Gasteiger partial charge in [0.15, 0.2) is 0 Å². The molecule has 3 aromatic carbocycles. The monoisotopic (exact) mass is 870 g/mol. The van der Waals surface area contributed by atoms with Crippen molar-refractivity contribution < 1.29 is 28.3 Å². The van der Waals surface area contributed by atoms with Crippen LogP contribution in [0.15, 0.2) is 59.4 Å². The summed E-state index contributed by atoms with van der Waals surface area (Å²) in [6.07, 6.45) is 2.13. The maximum Gasteiger partial charge on any atom is 0.255 e. The number of pyridine rings is 1. The predicted molar refractivity (Wildman–Crippen MR) is 240 cm³/mol. The molecule has 0 spiro atoms. The minimum atomic E-state index is -0.632. The van der Waals surface area contributed by atoms with Gasteiger partial charge in [0, 0.05) is 104 Å². The van der Waals surface area contributed by atoms with Crippen LogP contribution in [-0.4, -0.2) is 102 Å². The Kier molecular flexibility index (Phi) is 11.0. The zero-order chi connectivity index (χ0) is 45.2. The topological polar surface area (TPSA) is 171 Å². The van der Waals surface area contributed by atoms with Crippen molar-refractivity contribution in [2.24, 2.45) is 16.7 Å². The van der Waals surface area contributed by atoms with Crippen LogP contribution in [0.3, 0.4) is 0 Å². The van der Waals surface area contributed by atoms with E-state index in [0.29, 0.717) is 52.4 Å². The number of nitrogens with one attached hydrogen (secondary N) is 3. The number of nitrogens with zero attached hydrogens (tertiary/aromatic N) is 5. The molecule has 1 saturated carbocycles. The van der Waals surface area contributed by atoms with Crippen molar-refractivity contribution >= 4 is 45.9 Å². The van der Waals surface area contributed by atoms with Gasteiger partial charge >= 0.3 is 0 Å². The number of fused-ring (bicyclic) bond motifs is 2. The summed E-state index contributed by atoms with van der Waals surface area (Å²) in [7, 11) is 0. The first-order chi connectivity index (χ1) is 30.5. The molecule has 5 aliphatic rings. The average Bonchev–Trinajstić information content (AvgIpc) is 3.60. The van der Waals surface area contributed by atoms with Crippen molar-refractivity contribution in [2.75, 3.05) is 55.6 Å². The Bertz CT molecular complexity index is 2660. The number of halogens is 1. The number of H-pyrrole nitrogens is 1. The molecule has 1 aliphatic carbocycles. The van der Waals surface area contributed by atoms with E-state index in [9.17, 15) is 29.2 Å². The summed E-state index contributed by atoms with van der Waals surface area (Å²) in [5, 5.41) is 15.8. The molecule has 14 nitrogen and oxygen atoms in total. The fourth-order valence-corrected chi connectivity index (χ4v) is 11.5. The van der Waals surface area contributed by atoms with Gasteiger partial charge in [-0.15, -0.1) is 0 Å². The number of aromatic nitrogens is 1. The van der Waals surface area contributed by atoms with E-state index in [1.165, 1.54) is 12.1 Å². The van der Waals surface area contributed by atoms with Crippen molar-refractivity contribution in [1.29, 1.82) is 5.26 Å². The fourth-order valence-electron chi connectivity index (χ4n) is 11.5. The van der Waals surface area contributed by atoms with Crippen molar-refractivity contribution in [2.45, 2.75) is 85.0 Å². The summed E-state index contributed by atoms with van der Waals surface area (Å²) in [6.45, 7) is 16.4. The number of benzene rings is 3. The number of nitriles is 1. The molecule has 334 valence electrons. The number of carbonyl (C=O) groups is 4. The molecular formula is C49H55FN8O6. The Labute approximate surface area is 371 Å². The number of anilines is 2. The van der Waals surface area contributed by atoms with Crippen LogP contribution < -0.4 is 30.7 Å². The van der Waals surface area contributed by atoms with Gasteiger partial charge < -0.3 is 29.7 Å². The third-order valence-electron chi connectivity index (χ3n) is 14.6. The molecule has 1 unspecified atom stereocenters. The van der Waals surface area contributed by atoms with Crippen LogP contribution in [0.5, 0.6) is 5.75 Å². The minimum Gasteiger partial charge on any atom is -0.488 e. The number of rotatable bonds is 9. The number of imide groups is 1. The second-order valence-corrected chi connectivity index (χ2v) is 19.5. The zero-order valence-electron chi connectivity index (χ0n) is 37.1. The van der Waals surface area contributed by atoms with E-state index in [-0.39, 0.29) is 47.4 Å². The van der Waals surface area contributed by atoms with Crippen molar-refractivity contribution in [3.63, 3.8) is 0 Å². The highest BCUT2D eigenvalue weighted by atomic mass is 19.1. The van der Waals surface area contributed by atoms with Gasteiger partial charge in [-0.25, -0.2) is 4.39 Å². The lowest BCUT2D eigenvalue weighted by molar-refractivity contribution is -0.163. The number of piperidine rings is 2. The van der Waals surface area contributed by atoms with Gasteiger partial charge in [-0.3, -0.25) is 34.2 Å². The molecule has 4 fully saturated rings. The van der Waals surface area contributed by atoms with Gasteiger partial charge in [0.1, 0.15) is 29.8 Å². The first-order valence-electron chi connectivity index (χ1n) is 22.4. The molecule has 15 heteroatoms. The standard InChI is InChI=1S/C49H55FN8O6/c1-28-22-33(23-32-27-58(45(63)41(28)32)37-10-13-40(60)53-44(37)62)56-20-18-55(19-21-56)26-29-14-16-57(17-15-29)36-9-6-30(24-35(36)50)43(61)54-46-48(2,3)47(49(46,4)5)64-38-11-7-31(25-51)42-34(38)8-12-39(59)52-42/h6-9,11-12,22-24,29,37,46-47H,10,13-21,26-27H2,1-5H3,(H,52,59)(H,54,61)(H,53,60,62). The number of ether oxygens (including phenoxy) is 1. The molecule has 5 heterocycles. The van der Waals surface area contributed by atoms with Gasteiger partial charge in [0.05, 0.1) is 16.8 Å². The SMILES string of the molecule is Cc1cc(N2CCN(CC3CCN(c4ccc(C(=O)NC5C(C)(C)C(Oc6ccc(C#N)c7[nH]c(=O)ccc67)C5(C)C)cc4F)CC3)CC2)cc2c1C(=O)N(C1CCC(=O)NC1=O)C2. The number of hydrogen-bond donors (Lipinski definition) is 3. The Hall–Kier alpha value is -6.27. The van der Waals surface area contributed by atoms with Crippen molar-refractivity contribution in [3.8, 4) is 11.8 Å². The fraction of sp³-hybridized carbons (Fsp3) is 0.469. The van der Waals surface area contributed by atoms with E-state index in [2.05, 4.69) is 48.5 Å². The van der Waals surface area contributed by atoms with E-state index >= 15 is 4.39 Å². The first kappa shape index (κ1) is 43.0. The van der Waals surface area contributed by atoms with E-state index in [0.717, 1.165) is 75.5 Å². The summed E-state index contributed by atoms with van der Waals surface area (Å²) in [5.41, 5.74) is 3.77. The molecular weight excluding hydrogens is 816 g/mol. The lowest BCUT2D eigenvalue weighted by atomic mass is 9.49. The van der Waals surface area contributed by atoms with Gasteiger partial charge in [0.25, 0.3) is 11.8 Å². The summed E-state index contributed by atoms with van der Waals surface area (Å²) < 4.78 is 22.4. The molecule has 4 aromatic rings. The maximum absolute atomic E-state index is 15.8. The smallest absolute Gasteiger partial charge is 0.255 e. The quantitative estimate of drug-likeness (QED) is 0.189. The van der Waals surface area contributed by atoms with Crippen molar-refractivity contribution in [3.05, 3.63) is 98.6 Å². The van der Waals surface area contributed by atoms with E-state index < -0.39 is 28.6 Å². The van der Waals surface area contributed by atoms with Crippen LogP contribution in [0.4, 0.5) is 15.8 Å². The number of amides is 4. The number of hydrogen-bond acceptors (Lipinski definition) is 10. The highest BCUT2D eigenvalue weighted by molar-refractivity contribution is 6.06. The van der Waals surface area contributed by atoms with Crippen LogP contribution in [-0.2, 0) is 16.1 Å². The molecule has 4 aliphatic heterocycles. The molecule has 3 saturated heterocycles. The minimum absolute atomic E-state index is 0.148. The van der Waals surface area contributed by atoms with Crippen LogP contribution in [0, 0.1) is 40.8 Å². The second-order valence-electron chi connectivity index (χ2n) is 19.5. The third kappa shape index (κ3) is 7.65. The summed E-state index contributed by atoms with van der Waals surface area (Å²) in [5.74, 6) is -0.595. The molecule has 1 aromatic heterocycles. The summed E-state index contributed by atoms with van der Waals surface area (Å²) in [4.78, 5) is 74.6. The number of carbonyl (C=O) groups excluding carboxylic acids is 4. The van der Waals surface area contributed by atoms with Gasteiger partial charge in [-0.2, -0.15) is 5.26 Å². The molecule has 9 rings (SSSR count). The van der Waals surface area contributed by atoms with E-state index in [4.69, 9.17) is 4.74 Å². The third-order valence-corrected chi connectivity index (χ3v) is 14.6. The summed E-state index contributed by atoms with van der Waals surface area (Å²) >= 11 is 0. The van der Waals surface area contributed by atoms with Crippen LogP contribution in [0.2, 0.25) is 0 Å². The number of piperazine rings is 1. The summed E-state index contributed by atoms with van der Waals surface area (Å²) in [6, 6.07) is 16.5. The highest BCUT2D eigenvalue weighted by Crippen LogP contribution is 2.56. The van der Waals surface area contributed by atoms with Crippen LogP contribution in [0.1, 0.15) is 90.8 Å². The van der Waals surface area contributed by atoms with E-state index in [1.54, 1.807) is 35.2 Å². The Balaban J connectivity index is 0.757. The maximum atomic E-state index is 15.8. The van der Waals surface area contributed by atoms with E-state index in [1.807, 2.05) is 34.6 Å². The molecule has 64 heavy (non-hydrogen) atoms. The van der Waals surface area contributed by atoms with Crippen LogP contribution >= 0.6 is 0 Å². The lowest BCUT2D eigenvalue weighted by Gasteiger charge is -2.63. The Morgan fingerprint density at radius 3 is 2.33 bits per heavy atom. The molecule has 0 bridgehead atoms. The largest absolute Gasteiger partial charge is 0.488 e. The lowest BCUT2D eigenvalue weighted by Crippen LogP contribution is -2.74. The highest BCUT2D eigenvalue weighted by Gasteiger charge is 2.64.